The Kier molecular flexibility index (Phi) is 45.5. The molecule has 374 valence electrons. The molecule has 2 unspecified atom stereocenters. The van der Waals surface area contributed by atoms with E-state index in [4.69, 9.17) is 18.9 Å². The van der Waals surface area contributed by atoms with Gasteiger partial charge in [-0.3, -0.25) is 9.59 Å². The summed E-state index contributed by atoms with van der Waals surface area (Å²) in [5.41, 5.74) is 0. The van der Waals surface area contributed by atoms with Crippen LogP contribution < -0.4 is 0 Å². The van der Waals surface area contributed by atoms with E-state index >= 15 is 0 Å². The van der Waals surface area contributed by atoms with Crippen LogP contribution in [0.2, 0.25) is 0 Å². The van der Waals surface area contributed by atoms with Crippen molar-refractivity contribution in [1.29, 1.82) is 0 Å². The number of aliphatic carboxylic acids is 1. The Morgan fingerprint density at radius 3 is 1.02 bits per heavy atom. The number of carboxylic acid groups (broad SMARTS) is 1. The molecule has 0 heterocycles. The van der Waals surface area contributed by atoms with Crippen LogP contribution in [0.1, 0.15) is 271 Å². The van der Waals surface area contributed by atoms with Gasteiger partial charge in [-0.15, -0.1) is 0 Å². The number of likely N-dealkylation sites (N-methyl/N-ethyl adjacent to an activating group) is 1. The van der Waals surface area contributed by atoms with Crippen molar-refractivity contribution in [1.82, 2.24) is 0 Å². The zero-order chi connectivity index (χ0) is 46.3. The van der Waals surface area contributed by atoms with Gasteiger partial charge in [0.2, 0.25) is 0 Å². The van der Waals surface area contributed by atoms with E-state index in [9.17, 15) is 19.5 Å². The van der Waals surface area contributed by atoms with E-state index in [1.54, 1.807) is 0 Å². The Hall–Kier alpha value is -1.71. The number of ether oxygens (including phenoxy) is 4. The number of quaternary nitrogens is 1. The number of carbonyl (C=O) groups is 3. The van der Waals surface area contributed by atoms with Crippen molar-refractivity contribution in [2.45, 2.75) is 283 Å². The van der Waals surface area contributed by atoms with Crippen LogP contribution in [-0.2, 0) is 33.3 Å². The van der Waals surface area contributed by atoms with Gasteiger partial charge in [0.1, 0.15) is 13.2 Å². The third kappa shape index (κ3) is 48.1. The van der Waals surface area contributed by atoms with Crippen LogP contribution in [0.3, 0.4) is 0 Å². The summed E-state index contributed by atoms with van der Waals surface area (Å²) in [4.78, 5) is 37.0. The lowest BCUT2D eigenvalue weighted by atomic mass is 10.0. The van der Waals surface area contributed by atoms with Crippen LogP contribution in [0.25, 0.3) is 0 Å². The van der Waals surface area contributed by atoms with E-state index in [0.29, 0.717) is 17.4 Å². The average Bonchev–Trinajstić information content (AvgIpc) is 3.24. The Labute approximate surface area is 390 Å². The third-order valence-electron chi connectivity index (χ3n) is 12.4. The van der Waals surface area contributed by atoms with Gasteiger partial charge in [0.05, 0.1) is 34.4 Å². The van der Waals surface area contributed by atoms with E-state index < -0.39 is 18.4 Å². The zero-order valence-corrected chi connectivity index (χ0v) is 42.5. The van der Waals surface area contributed by atoms with Crippen molar-refractivity contribution >= 4 is 17.9 Å². The molecule has 9 heteroatoms. The minimum Gasteiger partial charge on any atom is -0.477 e. The highest BCUT2D eigenvalue weighted by Crippen LogP contribution is 2.18. The Bertz CT molecular complexity index is 1000. The molecule has 1 N–H and O–H groups in total. The van der Waals surface area contributed by atoms with Crippen LogP contribution in [0, 0.1) is 0 Å². The maximum absolute atomic E-state index is 12.8. The average molecular weight is 897 g/mol. The second-order valence-electron chi connectivity index (χ2n) is 19.9. The van der Waals surface area contributed by atoms with Crippen LogP contribution in [0.4, 0.5) is 0 Å². The van der Waals surface area contributed by atoms with Gasteiger partial charge in [-0.25, -0.2) is 4.79 Å². The molecule has 0 radical (unpaired) electrons. The molecule has 63 heavy (non-hydrogen) atoms. The molecule has 0 aliphatic carbocycles. The summed E-state index contributed by atoms with van der Waals surface area (Å²) in [6.45, 7) is 4.87. The van der Waals surface area contributed by atoms with Gasteiger partial charge >= 0.3 is 17.9 Å². The lowest BCUT2D eigenvalue weighted by molar-refractivity contribution is -0.870. The lowest BCUT2D eigenvalue weighted by Gasteiger charge is -2.25. The Balaban J connectivity index is 3.93. The fraction of sp³-hybridized carbons (Fsp3) is 0.944. The maximum atomic E-state index is 12.8. The molecule has 0 aromatic carbocycles. The molecule has 0 fully saturated rings. The number of unbranched alkanes of at least 4 members (excludes halogenated alkanes) is 36. The van der Waals surface area contributed by atoms with Crippen LogP contribution in [-0.4, -0.2) is 87.4 Å². The summed E-state index contributed by atoms with van der Waals surface area (Å²) in [6, 6.07) is 0. The fourth-order valence-electron chi connectivity index (χ4n) is 8.13. The molecule has 0 rings (SSSR count). The quantitative estimate of drug-likeness (QED) is 0.0278. The Morgan fingerprint density at radius 2 is 0.714 bits per heavy atom. The molecule has 0 aliphatic heterocycles. The largest absolute Gasteiger partial charge is 0.477 e. The van der Waals surface area contributed by atoms with Crippen molar-refractivity contribution in [2.24, 2.45) is 0 Å². The van der Waals surface area contributed by atoms with Crippen molar-refractivity contribution in [3.63, 3.8) is 0 Å². The number of carbonyl (C=O) groups excluding carboxylic acids is 2. The molecule has 2 atom stereocenters. The predicted octanol–water partition coefficient (Wildman–Crippen LogP) is 15.2. The SMILES string of the molecule is CCCCCCCCCCCCCCCCCCCCCCCCCCCCCCCCCC(=O)OC(COC(=O)CCCCCCCCC)COC(OCC[N+](C)(C)C)C(=O)O. The molecule has 0 saturated heterocycles. The molecule has 0 aromatic rings. The number of esters is 2. The first kappa shape index (κ1) is 61.3. The Morgan fingerprint density at radius 1 is 0.413 bits per heavy atom. The van der Waals surface area contributed by atoms with Crippen molar-refractivity contribution in [3.05, 3.63) is 0 Å². The minimum absolute atomic E-state index is 0.175. The van der Waals surface area contributed by atoms with Gasteiger partial charge < -0.3 is 28.5 Å². The summed E-state index contributed by atoms with van der Waals surface area (Å²) < 4.78 is 22.7. The topological polar surface area (TPSA) is 108 Å². The van der Waals surface area contributed by atoms with E-state index in [-0.39, 0.29) is 38.2 Å². The van der Waals surface area contributed by atoms with Crippen LogP contribution >= 0.6 is 0 Å². The van der Waals surface area contributed by atoms with E-state index in [1.165, 1.54) is 205 Å². The third-order valence-corrected chi connectivity index (χ3v) is 12.4. The summed E-state index contributed by atoms with van der Waals surface area (Å²) in [5, 5.41) is 9.63. The van der Waals surface area contributed by atoms with Gasteiger partial charge in [0, 0.05) is 12.8 Å². The molecule has 0 amide bonds. The molecular formula is C54H106NO8+. The van der Waals surface area contributed by atoms with Crippen molar-refractivity contribution in [3.8, 4) is 0 Å². The molecule has 0 aromatic heterocycles. The first-order valence-corrected chi connectivity index (χ1v) is 27.2. The second-order valence-corrected chi connectivity index (χ2v) is 19.9. The molecule has 0 aliphatic rings. The summed E-state index contributed by atoms with van der Waals surface area (Å²) in [5.74, 6) is -1.99. The van der Waals surface area contributed by atoms with Gasteiger partial charge in [-0.05, 0) is 12.8 Å². The molecule has 9 nitrogen and oxygen atoms in total. The molecular weight excluding hydrogens is 791 g/mol. The molecule has 0 saturated carbocycles. The maximum Gasteiger partial charge on any atom is 0.361 e. The number of hydrogen-bond donors (Lipinski definition) is 1. The normalized spacial score (nSPS) is 12.7. The van der Waals surface area contributed by atoms with Crippen molar-refractivity contribution < 1.29 is 42.9 Å². The first-order chi connectivity index (χ1) is 30.6. The highest BCUT2D eigenvalue weighted by atomic mass is 16.7. The van der Waals surface area contributed by atoms with Gasteiger partial charge in [0.15, 0.2) is 6.10 Å². The monoisotopic (exact) mass is 897 g/mol. The summed E-state index contributed by atoms with van der Waals surface area (Å²) in [6.07, 6.45) is 48.0. The van der Waals surface area contributed by atoms with Crippen LogP contribution in [0.5, 0.6) is 0 Å². The lowest BCUT2D eigenvalue weighted by Crippen LogP contribution is -2.40. The van der Waals surface area contributed by atoms with Gasteiger partial charge in [-0.2, -0.15) is 0 Å². The van der Waals surface area contributed by atoms with Gasteiger partial charge in [-0.1, -0.05) is 245 Å². The highest BCUT2D eigenvalue weighted by Gasteiger charge is 2.25. The zero-order valence-electron chi connectivity index (χ0n) is 42.5. The minimum atomic E-state index is -1.50. The summed E-state index contributed by atoms with van der Waals surface area (Å²) >= 11 is 0. The fourth-order valence-corrected chi connectivity index (χ4v) is 8.13. The first-order valence-electron chi connectivity index (χ1n) is 27.2. The molecule has 0 spiro atoms. The standard InChI is InChI=1S/C54H105NO8/c1-6-8-10-12-14-15-16-17-18-19-20-21-22-23-24-25-26-27-28-29-30-31-32-33-34-35-36-37-39-41-43-45-52(57)63-50(48-61-51(56)44-42-40-38-13-11-9-7-2)49-62-54(53(58)59)60-47-46-55(3,4)5/h50,54H,6-49H2,1-5H3/p+1. The summed E-state index contributed by atoms with van der Waals surface area (Å²) in [7, 11) is 5.96. The number of rotatable bonds is 51. The van der Waals surface area contributed by atoms with E-state index in [0.717, 1.165) is 38.5 Å². The van der Waals surface area contributed by atoms with Gasteiger partial charge in [0.25, 0.3) is 6.29 Å². The number of nitrogens with zero attached hydrogens (tertiary/aromatic N) is 1. The van der Waals surface area contributed by atoms with E-state index in [2.05, 4.69) is 13.8 Å². The number of carboxylic acids is 1. The highest BCUT2D eigenvalue weighted by molar-refractivity contribution is 5.71. The molecule has 0 bridgehead atoms. The smallest absolute Gasteiger partial charge is 0.361 e. The predicted molar refractivity (Wildman–Crippen MR) is 263 cm³/mol. The second kappa shape index (κ2) is 46.8. The van der Waals surface area contributed by atoms with E-state index in [1.807, 2.05) is 21.1 Å². The number of hydrogen-bond acceptors (Lipinski definition) is 7. The van der Waals surface area contributed by atoms with Crippen LogP contribution in [0.15, 0.2) is 0 Å². The van der Waals surface area contributed by atoms with Crippen molar-refractivity contribution in [2.75, 3.05) is 47.5 Å².